The Morgan fingerprint density at radius 1 is 1.00 bits per heavy atom. The molecular weight excluding hydrogens is 1000 g/mol. The standard InChI is InChI=1S/C58H70N6O14/c1-9-36-38-26-35(65)16-17-43(38)60-49-40(36)29-64-45(49)27-42-41(54(64)70)30-76-55(71)58(42,10-2)78-57(73)63-21-19-62(20-22-63)18-12-14-37-39-23-31(3)24-48(75-8)50(67)33(5)25-34(6)52(77-56(59)72)47(74-7)15-11-13-32(4)53(69)61-44(51(39)68)28-46(37)66/h11,13,15-17,25-28,31,33,47-48,50,52,65,67H,9-10,12,14,18-24,29-30H2,1-8H3,(H2,59,72)(H,61,69)/b15-11-,32-13+,34-25+/t31-,33+,47+,48+,50+,52+,58+/m1/s1. The zero-order valence-electron chi connectivity index (χ0n) is 45.5. The van der Waals surface area contributed by atoms with Gasteiger partial charge >= 0.3 is 18.2 Å². The van der Waals surface area contributed by atoms with Gasteiger partial charge in [0.1, 0.15) is 18.5 Å². The minimum Gasteiger partial charge on any atom is -0.508 e. The number of nitrogens with zero attached hydrogens (tertiary/aromatic N) is 4. The van der Waals surface area contributed by atoms with Gasteiger partial charge in [0.05, 0.1) is 46.9 Å². The van der Waals surface area contributed by atoms with Crippen LogP contribution in [0.1, 0.15) is 95.9 Å². The Morgan fingerprint density at radius 2 is 1.74 bits per heavy atom. The summed E-state index contributed by atoms with van der Waals surface area (Å²) in [6, 6.07) is 6.69. The fourth-order valence-corrected chi connectivity index (χ4v) is 11.5. The van der Waals surface area contributed by atoms with Crippen LogP contribution in [0.2, 0.25) is 0 Å². The molecule has 3 aromatic rings. The highest BCUT2D eigenvalue weighted by atomic mass is 16.6. The fraction of sp³-hybridized carbons (Fsp3) is 0.483. The number of carbonyl (C=O) groups is 6. The summed E-state index contributed by atoms with van der Waals surface area (Å²) in [7, 11) is 2.90. The van der Waals surface area contributed by atoms with Gasteiger partial charge in [-0.25, -0.2) is 19.4 Å². The van der Waals surface area contributed by atoms with Gasteiger partial charge in [0.25, 0.3) is 11.5 Å². The predicted molar refractivity (Wildman–Crippen MR) is 287 cm³/mol. The number of ketones is 2. The number of esters is 1. The number of methoxy groups -OCH3 is 2. The molecule has 0 saturated carbocycles. The van der Waals surface area contributed by atoms with Gasteiger partial charge in [-0.1, -0.05) is 52.0 Å². The summed E-state index contributed by atoms with van der Waals surface area (Å²) < 4.78 is 30.3. The third-order valence-corrected chi connectivity index (χ3v) is 15.8. The summed E-state index contributed by atoms with van der Waals surface area (Å²) in [5.74, 6) is -2.98. The maximum absolute atomic E-state index is 14.4. The van der Waals surface area contributed by atoms with E-state index in [1.54, 1.807) is 74.8 Å². The second-order valence-corrected chi connectivity index (χ2v) is 20.9. The number of pyridine rings is 2. The van der Waals surface area contributed by atoms with Crippen molar-refractivity contribution in [3.63, 3.8) is 0 Å². The van der Waals surface area contributed by atoms with Crippen LogP contribution in [0.15, 0.2) is 87.4 Å². The predicted octanol–water partition coefficient (Wildman–Crippen LogP) is 5.71. The first-order valence-electron chi connectivity index (χ1n) is 26.6. The van der Waals surface area contributed by atoms with E-state index in [9.17, 15) is 43.8 Å². The molecule has 0 spiro atoms. The molecule has 20 heteroatoms. The van der Waals surface area contributed by atoms with Gasteiger partial charge in [-0.05, 0) is 100 Å². The molecule has 8 rings (SSSR count). The van der Waals surface area contributed by atoms with Crippen molar-refractivity contribution >= 4 is 46.5 Å². The van der Waals surface area contributed by atoms with Crippen molar-refractivity contribution in [1.29, 1.82) is 0 Å². The van der Waals surface area contributed by atoms with E-state index in [4.69, 9.17) is 34.4 Å². The number of hydrogen-bond acceptors (Lipinski definition) is 16. The van der Waals surface area contributed by atoms with Crippen molar-refractivity contribution in [2.45, 2.75) is 123 Å². The van der Waals surface area contributed by atoms with Crippen LogP contribution in [0.25, 0.3) is 22.3 Å². The normalized spacial score (nSPS) is 27.1. The number of aliphatic hydroxyl groups is 1. The smallest absolute Gasteiger partial charge is 0.411 e. The van der Waals surface area contributed by atoms with Crippen LogP contribution in [0.4, 0.5) is 9.59 Å². The number of aromatic hydroxyl groups is 1. The van der Waals surface area contributed by atoms with E-state index >= 15 is 0 Å². The number of rotatable bonds is 10. The van der Waals surface area contributed by atoms with Crippen LogP contribution in [0.3, 0.4) is 0 Å². The van der Waals surface area contributed by atoms with Crippen molar-refractivity contribution in [3.05, 3.63) is 115 Å². The number of primary amides is 1. The quantitative estimate of drug-likeness (QED) is 0.0641. The molecule has 1 fully saturated rings. The van der Waals surface area contributed by atoms with Gasteiger partial charge in [0.15, 0.2) is 11.9 Å². The Bertz CT molecular complexity index is 3140. The van der Waals surface area contributed by atoms with Gasteiger partial charge in [-0.3, -0.25) is 24.1 Å². The monoisotopic (exact) mass is 1070 g/mol. The number of cyclic esters (lactones) is 1. The number of benzene rings is 1. The van der Waals surface area contributed by atoms with Gasteiger partial charge in [0.2, 0.25) is 11.4 Å². The molecule has 1 aromatic carbocycles. The molecule has 7 atom stereocenters. The number of nitrogens with one attached hydrogen (secondary N) is 1. The van der Waals surface area contributed by atoms with Crippen LogP contribution < -0.4 is 16.6 Å². The lowest BCUT2D eigenvalue weighted by Crippen LogP contribution is -2.53. The Morgan fingerprint density at radius 3 is 2.42 bits per heavy atom. The number of phenols is 1. The molecule has 20 nitrogen and oxygen atoms in total. The van der Waals surface area contributed by atoms with Crippen LogP contribution in [0.5, 0.6) is 5.75 Å². The number of aliphatic hydroxyl groups excluding tert-OH is 1. The summed E-state index contributed by atoms with van der Waals surface area (Å²) >= 11 is 0. The van der Waals surface area contributed by atoms with Crippen LogP contribution in [-0.2, 0) is 68.0 Å². The second kappa shape index (κ2) is 23.8. The molecule has 1 saturated heterocycles. The molecule has 2 bridgehead atoms. The number of Topliss-reactive ketones (excluding diaryl/α,β-unsaturated/α-hetero) is 1. The molecule has 5 aliphatic rings. The van der Waals surface area contributed by atoms with Crippen LogP contribution in [-0.4, -0.2) is 137 Å². The first-order chi connectivity index (χ1) is 37.2. The summed E-state index contributed by atoms with van der Waals surface area (Å²) in [6.45, 7) is 12.5. The molecule has 0 radical (unpaired) electrons. The first-order valence-corrected chi connectivity index (χ1v) is 26.6. The molecule has 4 aliphatic heterocycles. The number of phenolic OH excluding ortho intramolecular Hbond substituents is 1. The molecule has 2 aromatic heterocycles. The zero-order chi connectivity index (χ0) is 56.3. The minimum atomic E-state index is -1.90. The van der Waals surface area contributed by atoms with Gasteiger partial charge in [0, 0.05) is 85.6 Å². The first kappa shape index (κ1) is 56.9. The Kier molecular flexibility index (Phi) is 17.3. The molecule has 416 valence electrons. The third-order valence-electron chi connectivity index (χ3n) is 15.8. The summed E-state index contributed by atoms with van der Waals surface area (Å²) in [5, 5.41) is 25.3. The molecule has 5 N–H and O–H groups in total. The maximum atomic E-state index is 14.4. The average Bonchev–Trinajstić information content (AvgIpc) is 3.84. The van der Waals surface area contributed by atoms with E-state index in [0.29, 0.717) is 66.9 Å². The van der Waals surface area contributed by atoms with Gasteiger partial charge in [-0.2, -0.15) is 0 Å². The number of nitrogens with two attached hydrogens (primary N) is 1. The van der Waals surface area contributed by atoms with E-state index in [1.165, 1.54) is 25.2 Å². The molecule has 6 heterocycles. The minimum absolute atomic E-state index is 0.00144. The number of allylic oxidation sites excluding steroid dienone is 5. The number of hydrogen-bond donors (Lipinski definition) is 4. The lowest BCUT2D eigenvalue weighted by Gasteiger charge is -2.39. The number of aromatic nitrogens is 2. The van der Waals surface area contributed by atoms with Crippen molar-refractivity contribution in [2.24, 2.45) is 17.6 Å². The van der Waals surface area contributed by atoms with Gasteiger partial charge < -0.3 is 54.4 Å². The third kappa shape index (κ3) is 11.3. The van der Waals surface area contributed by atoms with E-state index < -0.39 is 71.6 Å². The number of fused-ring (bicyclic) bond motifs is 7. The molecule has 78 heavy (non-hydrogen) atoms. The number of carbonyl (C=O) groups excluding carboxylic acids is 6. The van der Waals surface area contributed by atoms with Crippen molar-refractivity contribution < 1.29 is 62.7 Å². The van der Waals surface area contributed by atoms with Crippen molar-refractivity contribution in [3.8, 4) is 17.1 Å². The highest BCUT2D eigenvalue weighted by molar-refractivity contribution is 6.23. The summed E-state index contributed by atoms with van der Waals surface area (Å²) in [5.41, 5.74) is 8.37. The number of amides is 3. The van der Waals surface area contributed by atoms with Crippen molar-refractivity contribution in [1.82, 2.24) is 24.7 Å². The van der Waals surface area contributed by atoms with E-state index in [-0.39, 0.29) is 90.7 Å². The Balaban J connectivity index is 0.962. The molecule has 0 unspecified atom stereocenters. The lowest BCUT2D eigenvalue weighted by atomic mass is 9.82. The fourth-order valence-electron chi connectivity index (χ4n) is 11.5. The number of aryl methyl sites for hydroxylation is 1. The maximum Gasteiger partial charge on any atom is 0.411 e. The number of ether oxygens (including phenoxy) is 5. The highest BCUT2D eigenvalue weighted by Gasteiger charge is 2.51. The van der Waals surface area contributed by atoms with Crippen LogP contribution in [0, 0.1) is 11.8 Å². The molecular formula is C58H70N6O14. The highest BCUT2D eigenvalue weighted by Crippen LogP contribution is 2.43. The Labute approximate surface area is 452 Å². The summed E-state index contributed by atoms with van der Waals surface area (Å²) in [6.07, 6.45) is 3.99. The van der Waals surface area contributed by atoms with E-state index in [1.807, 2.05) is 13.8 Å². The summed E-state index contributed by atoms with van der Waals surface area (Å²) in [4.78, 5) is 105. The van der Waals surface area contributed by atoms with E-state index in [0.717, 1.165) is 22.6 Å². The largest absolute Gasteiger partial charge is 0.508 e. The lowest BCUT2D eigenvalue weighted by molar-refractivity contribution is -0.173. The number of piperazine rings is 1. The Hall–Kier alpha value is -7.26. The molecule has 3 amide bonds. The van der Waals surface area contributed by atoms with Crippen molar-refractivity contribution in [2.75, 3.05) is 46.9 Å². The zero-order valence-corrected chi connectivity index (χ0v) is 45.5. The topological polar surface area (TPSA) is 268 Å². The SMILES string of the molecule is CCc1c2c(nc3ccc(O)cc13)-c1cc3c(c(=O)n1C2)COC(=O)[C@@]3(CC)OC(=O)N1CCN(CCCC2=C3C[C@@H](C)C[C@H](OC)[C@@H](O)[C@@H](C)/C=C(\C)[C@H](OC(N)=O)[C@@H](OC)/C=C\C=C(/C)C(=O)NC(=CC2=O)C3=O)CC1. The van der Waals surface area contributed by atoms with Crippen LogP contribution >= 0.6 is 0 Å². The second-order valence-electron chi connectivity index (χ2n) is 20.9. The van der Waals surface area contributed by atoms with Gasteiger partial charge in [-0.15, -0.1) is 0 Å². The van der Waals surface area contributed by atoms with E-state index in [2.05, 4.69) is 10.2 Å². The molecule has 1 aliphatic carbocycles. The average molecular weight is 1080 g/mol.